The molecule has 0 fully saturated rings. The van der Waals surface area contributed by atoms with Crippen LogP contribution in [0, 0.1) is 20.8 Å². The Kier molecular flexibility index (Phi) is 4.96. The maximum atomic E-state index is 13.3. The number of alkyl halides is 3. The van der Waals surface area contributed by atoms with Gasteiger partial charge in [-0.15, -0.1) is 0 Å². The second-order valence-corrected chi connectivity index (χ2v) is 6.61. The van der Waals surface area contributed by atoms with Gasteiger partial charge in [0.2, 0.25) is 0 Å². The van der Waals surface area contributed by atoms with E-state index in [1.807, 2.05) is 32.9 Å². The van der Waals surface area contributed by atoms with Gasteiger partial charge in [-0.25, -0.2) is 0 Å². The second kappa shape index (κ2) is 7.06. The summed E-state index contributed by atoms with van der Waals surface area (Å²) in [6.45, 7) is 5.94. The molecule has 0 radical (unpaired) electrons. The fourth-order valence-electron chi connectivity index (χ4n) is 3.44. The fraction of sp³-hybridized carbons (Fsp3) is 0.227. The predicted molar refractivity (Wildman–Crippen MR) is 101 cm³/mol. The van der Waals surface area contributed by atoms with Crippen LogP contribution in [0.25, 0.3) is 22.4 Å². The van der Waals surface area contributed by atoms with Crippen LogP contribution in [-0.4, -0.2) is 12.1 Å². The molecule has 140 valence electrons. The largest absolute Gasteiger partial charge is 0.497 e. The monoisotopic (exact) mass is 371 g/mol. The summed E-state index contributed by atoms with van der Waals surface area (Å²) < 4.78 is 45.2. The Morgan fingerprint density at radius 3 is 2.11 bits per heavy atom. The number of hydrogen-bond donors (Lipinski definition) is 0. The Bertz CT molecular complexity index is 970. The molecule has 0 amide bonds. The Hall–Kier alpha value is -2.82. The van der Waals surface area contributed by atoms with Crippen molar-refractivity contribution in [3.8, 4) is 28.1 Å². The molecule has 1 heterocycles. The van der Waals surface area contributed by atoms with Crippen molar-refractivity contribution in [3.05, 3.63) is 70.9 Å². The van der Waals surface area contributed by atoms with Crippen molar-refractivity contribution in [2.24, 2.45) is 0 Å². The summed E-state index contributed by atoms with van der Waals surface area (Å²) in [6, 6.07) is 11.2. The lowest BCUT2D eigenvalue weighted by Crippen LogP contribution is -2.06. The van der Waals surface area contributed by atoms with E-state index >= 15 is 0 Å². The molecule has 2 nitrogen and oxygen atoms in total. The highest BCUT2D eigenvalue weighted by atomic mass is 19.4. The number of methoxy groups -OCH3 is 1. The molecule has 5 heteroatoms. The Morgan fingerprint density at radius 1 is 0.852 bits per heavy atom. The third-order valence-corrected chi connectivity index (χ3v) is 4.54. The minimum Gasteiger partial charge on any atom is -0.497 e. The lowest BCUT2D eigenvalue weighted by molar-refractivity contribution is -0.137. The summed E-state index contributed by atoms with van der Waals surface area (Å²) in [5.41, 5.74) is 4.95. The highest BCUT2D eigenvalue weighted by Gasteiger charge is 2.31. The summed E-state index contributed by atoms with van der Waals surface area (Å²) in [4.78, 5) is 4.30. The molecular formula is C22H20F3NO. The number of hydrogen-bond acceptors (Lipinski definition) is 2. The van der Waals surface area contributed by atoms with E-state index in [0.29, 0.717) is 17.0 Å². The average molecular weight is 371 g/mol. The minimum absolute atomic E-state index is 0.429. The predicted octanol–water partition coefficient (Wildman–Crippen LogP) is 6.37. The van der Waals surface area contributed by atoms with E-state index in [4.69, 9.17) is 4.74 Å². The van der Waals surface area contributed by atoms with Crippen molar-refractivity contribution in [2.75, 3.05) is 7.11 Å². The molecular weight excluding hydrogens is 351 g/mol. The average Bonchev–Trinajstić information content (AvgIpc) is 2.60. The van der Waals surface area contributed by atoms with E-state index in [9.17, 15) is 13.2 Å². The highest BCUT2D eigenvalue weighted by molar-refractivity contribution is 5.86. The number of halogens is 3. The second-order valence-electron chi connectivity index (χ2n) is 6.61. The molecule has 3 rings (SSSR count). The van der Waals surface area contributed by atoms with E-state index in [2.05, 4.69) is 4.98 Å². The van der Waals surface area contributed by atoms with Crippen molar-refractivity contribution >= 4 is 0 Å². The molecule has 0 aliphatic carbocycles. The maximum Gasteiger partial charge on any atom is 0.416 e. The lowest BCUT2D eigenvalue weighted by Gasteiger charge is -2.18. The van der Waals surface area contributed by atoms with Gasteiger partial charge in [-0.05, 0) is 61.2 Å². The van der Waals surface area contributed by atoms with Gasteiger partial charge in [-0.1, -0.05) is 23.8 Å². The molecule has 2 aromatic carbocycles. The molecule has 3 aromatic rings. The standard InChI is InChI=1S/C22H20F3NO/c1-13-9-14(2)21(15(3)10-13)18-6-5-16(22(23,24)25)11-19(18)20-12-17(27-4)7-8-26-20/h5-12H,1-4H3. The van der Waals surface area contributed by atoms with E-state index in [0.717, 1.165) is 39.9 Å². The van der Waals surface area contributed by atoms with E-state index in [1.165, 1.54) is 19.4 Å². The van der Waals surface area contributed by atoms with Crippen LogP contribution < -0.4 is 4.74 Å². The summed E-state index contributed by atoms with van der Waals surface area (Å²) in [6.07, 6.45) is -2.89. The first-order chi connectivity index (χ1) is 12.7. The number of pyridine rings is 1. The van der Waals surface area contributed by atoms with Gasteiger partial charge < -0.3 is 4.74 Å². The van der Waals surface area contributed by atoms with Crippen LogP contribution in [0.2, 0.25) is 0 Å². The van der Waals surface area contributed by atoms with Gasteiger partial charge >= 0.3 is 6.18 Å². The van der Waals surface area contributed by atoms with Crippen molar-refractivity contribution in [2.45, 2.75) is 26.9 Å². The van der Waals surface area contributed by atoms with Gasteiger partial charge in [-0.3, -0.25) is 4.98 Å². The lowest BCUT2D eigenvalue weighted by atomic mass is 9.88. The Labute approximate surface area is 156 Å². The number of nitrogens with zero attached hydrogens (tertiary/aromatic N) is 1. The van der Waals surface area contributed by atoms with Gasteiger partial charge in [0.1, 0.15) is 5.75 Å². The quantitative estimate of drug-likeness (QED) is 0.534. The summed E-state index contributed by atoms with van der Waals surface area (Å²) in [5, 5.41) is 0. The van der Waals surface area contributed by atoms with Crippen LogP contribution in [0.1, 0.15) is 22.3 Å². The molecule has 0 saturated heterocycles. The first-order valence-electron chi connectivity index (χ1n) is 8.50. The van der Waals surface area contributed by atoms with Gasteiger partial charge in [0.05, 0.1) is 18.4 Å². The number of aromatic nitrogens is 1. The van der Waals surface area contributed by atoms with Gasteiger partial charge in [0.15, 0.2) is 0 Å². The van der Waals surface area contributed by atoms with Crippen LogP contribution in [0.15, 0.2) is 48.7 Å². The normalized spacial score (nSPS) is 11.5. The van der Waals surface area contributed by atoms with Gasteiger partial charge in [0, 0.05) is 17.8 Å². The van der Waals surface area contributed by atoms with Crippen molar-refractivity contribution < 1.29 is 17.9 Å². The van der Waals surface area contributed by atoms with E-state index in [1.54, 1.807) is 12.1 Å². The zero-order valence-corrected chi connectivity index (χ0v) is 15.6. The molecule has 1 aromatic heterocycles. The molecule has 0 spiro atoms. The smallest absolute Gasteiger partial charge is 0.416 e. The van der Waals surface area contributed by atoms with E-state index in [-0.39, 0.29) is 0 Å². The SMILES string of the molecule is COc1ccnc(-c2cc(C(F)(F)F)ccc2-c2c(C)cc(C)cc2C)c1. The molecule has 0 N–H and O–H groups in total. The maximum absolute atomic E-state index is 13.3. The molecule has 0 aliphatic rings. The third-order valence-electron chi connectivity index (χ3n) is 4.54. The number of ether oxygens (including phenoxy) is 1. The Balaban J connectivity index is 2.32. The van der Waals surface area contributed by atoms with Crippen LogP contribution >= 0.6 is 0 Å². The first kappa shape index (κ1) is 19.0. The third kappa shape index (κ3) is 3.82. The first-order valence-corrected chi connectivity index (χ1v) is 8.50. The van der Waals surface area contributed by atoms with E-state index < -0.39 is 11.7 Å². The van der Waals surface area contributed by atoms with Crippen LogP contribution in [-0.2, 0) is 6.18 Å². The van der Waals surface area contributed by atoms with Crippen molar-refractivity contribution in [1.82, 2.24) is 4.98 Å². The zero-order chi connectivity index (χ0) is 19.8. The highest BCUT2D eigenvalue weighted by Crippen LogP contribution is 2.40. The molecule has 0 unspecified atom stereocenters. The van der Waals surface area contributed by atoms with Crippen molar-refractivity contribution in [1.29, 1.82) is 0 Å². The number of benzene rings is 2. The summed E-state index contributed by atoms with van der Waals surface area (Å²) in [7, 11) is 1.51. The van der Waals surface area contributed by atoms with Gasteiger partial charge in [0.25, 0.3) is 0 Å². The Morgan fingerprint density at radius 2 is 1.52 bits per heavy atom. The topological polar surface area (TPSA) is 22.1 Å². The molecule has 0 atom stereocenters. The minimum atomic E-state index is -4.43. The summed E-state index contributed by atoms with van der Waals surface area (Å²) in [5.74, 6) is 0.542. The van der Waals surface area contributed by atoms with Crippen molar-refractivity contribution in [3.63, 3.8) is 0 Å². The van der Waals surface area contributed by atoms with Crippen LogP contribution in [0.4, 0.5) is 13.2 Å². The fourth-order valence-corrected chi connectivity index (χ4v) is 3.44. The molecule has 0 saturated carbocycles. The number of aryl methyl sites for hydroxylation is 3. The molecule has 0 bridgehead atoms. The molecule has 27 heavy (non-hydrogen) atoms. The van der Waals surface area contributed by atoms with Gasteiger partial charge in [-0.2, -0.15) is 13.2 Å². The van der Waals surface area contributed by atoms with Crippen LogP contribution in [0.3, 0.4) is 0 Å². The van der Waals surface area contributed by atoms with Crippen LogP contribution in [0.5, 0.6) is 5.75 Å². The molecule has 0 aliphatic heterocycles. The zero-order valence-electron chi connectivity index (χ0n) is 15.6. The summed E-state index contributed by atoms with van der Waals surface area (Å²) >= 11 is 0. The number of rotatable bonds is 3.